The van der Waals surface area contributed by atoms with Crippen LogP contribution < -0.4 is 5.32 Å². The first kappa shape index (κ1) is 36.5. The number of ether oxygens (including phenoxy) is 1. The fourth-order valence-electron chi connectivity index (χ4n) is 6.01. The fraction of sp³-hybridized carbons (Fsp3) is 0.350. The van der Waals surface area contributed by atoms with Gasteiger partial charge in [-0.05, 0) is 90.5 Å². The number of benzene rings is 4. The monoisotopic (exact) mass is 744 g/mol. The van der Waals surface area contributed by atoms with Crippen molar-refractivity contribution < 1.29 is 23.1 Å². The maximum atomic E-state index is 15.0. The number of imide groups is 1. The Balaban J connectivity index is 1.55. The van der Waals surface area contributed by atoms with Crippen LogP contribution in [0, 0.1) is 11.7 Å². The summed E-state index contributed by atoms with van der Waals surface area (Å²) in [5, 5.41) is 3.58. The number of rotatable bonds is 13. The average Bonchev–Trinajstić information content (AvgIpc) is 3.44. The number of carbonyl (C=O) groups excluding carboxylic acids is 2. The third-order valence-corrected chi connectivity index (χ3v) is 14.8. The van der Waals surface area contributed by atoms with Crippen molar-refractivity contribution in [1.29, 1.82) is 0 Å². The van der Waals surface area contributed by atoms with E-state index >= 15 is 0 Å². The van der Waals surface area contributed by atoms with Crippen LogP contribution in [0.3, 0.4) is 0 Å². The maximum Gasteiger partial charge on any atom is 0.416 e. The molecule has 258 valence electrons. The van der Waals surface area contributed by atoms with Crippen molar-refractivity contribution in [2.75, 3.05) is 11.9 Å². The highest BCUT2D eigenvalue weighted by molar-refractivity contribution is 9.10. The van der Waals surface area contributed by atoms with Crippen molar-refractivity contribution >= 4 is 41.9 Å². The third kappa shape index (κ3) is 9.26. The largest absolute Gasteiger partial charge is 0.447 e. The van der Waals surface area contributed by atoms with E-state index in [1.165, 1.54) is 17.0 Å². The van der Waals surface area contributed by atoms with Crippen molar-refractivity contribution in [3.8, 4) is 0 Å². The second kappa shape index (κ2) is 15.8. The van der Waals surface area contributed by atoms with Crippen molar-refractivity contribution in [1.82, 2.24) is 4.90 Å². The minimum absolute atomic E-state index is 0.0701. The van der Waals surface area contributed by atoms with Crippen LogP contribution in [0.1, 0.15) is 62.4 Å². The van der Waals surface area contributed by atoms with Crippen molar-refractivity contribution in [2.45, 2.75) is 76.4 Å². The highest BCUT2D eigenvalue weighted by Gasteiger charge is 2.44. The van der Waals surface area contributed by atoms with E-state index < -0.39 is 32.4 Å². The predicted molar refractivity (Wildman–Crippen MR) is 199 cm³/mol. The van der Waals surface area contributed by atoms with E-state index in [2.05, 4.69) is 55.1 Å². The zero-order chi connectivity index (χ0) is 35.2. The zero-order valence-electron chi connectivity index (χ0n) is 28.9. The average molecular weight is 746 g/mol. The second-order valence-electron chi connectivity index (χ2n) is 14.3. The molecule has 1 heterocycles. The summed E-state index contributed by atoms with van der Waals surface area (Å²) in [6, 6.07) is 33.1. The molecule has 5 rings (SSSR count). The minimum atomic E-state index is -2.30. The van der Waals surface area contributed by atoms with Crippen LogP contribution in [-0.2, 0) is 20.4 Å². The number of halogens is 2. The quantitative estimate of drug-likeness (QED) is 0.138. The molecule has 0 bridgehead atoms. The van der Waals surface area contributed by atoms with Gasteiger partial charge in [0, 0.05) is 10.2 Å². The van der Waals surface area contributed by atoms with E-state index in [9.17, 15) is 14.0 Å². The molecule has 0 radical (unpaired) electrons. The first-order valence-electron chi connectivity index (χ1n) is 16.9. The molecule has 1 fully saturated rings. The Hall–Kier alpha value is -3.79. The Bertz CT molecular complexity index is 1680. The number of hydrogen-bond donors (Lipinski definition) is 1. The molecule has 1 N–H and O–H groups in total. The first-order chi connectivity index (χ1) is 23.3. The second-order valence-corrected chi connectivity index (χ2v) is 19.9. The van der Waals surface area contributed by atoms with Crippen LogP contribution in [0.5, 0.6) is 0 Å². The molecule has 0 spiro atoms. The molecule has 0 aromatic heterocycles. The summed E-state index contributed by atoms with van der Waals surface area (Å²) < 4.78 is 27.5. The summed E-state index contributed by atoms with van der Waals surface area (Å²) in [6.07, 6.45) is 0.345. The number of cyclic esters (lactones) is 1. The van der Waals surface area contributed by atoms with E-state index in [0.29, 0.717) is 19.3 Å². The van der Waals surface area contributed by atoms with Gasteiger partial charge in [0.05, 0.1) is 24.1 Å². The number of amides is 2. The molecular formula is C40H46BrFN2O4Si. The number of carbonyl (C=O) groups is 2. The summed E-state index contributed by atoms with van der Waals surface area (Å²) in [4.78, 5) is 29.7. The summed E-state index contributed by atoms with van der Waals surface area (Å²) in [5.74, 6) is -1.30. The lowest BCUT2D eigenvalue weighted by atomic mass is 9.85. The Morgan fingerprint density at radius 2 is 1.51 bits per heavy atom. The van der Waals surface area contributed by atoms with Gasteiger partial charge >= 0.3 is 6.09 Å². The van der Waals surface area contributed by atoms with E-state index in [1.54, 1.807) is 12.1 Å². The van der Waals surface area contributed by atoms with Crippen molar-refractivity contribution in [3.63, 3.8) is 0 Å². The molecule has 9 heteroatoms. The number of para-hydroxylation sites is 1. The first-order valence-corrected chi connectivity index (χ1v) is 20.6. The molecule has 4 atom stereocenters. The van der Waals surface area contributed by atoms with Crippen molar-refractivity contribution in [2.24, 2.45) is 5.92 Å². The fourth-order valence-corrected chi connectivity index (χ4v) is 7.60. The molecule has 4 aromatic carbocycles. The highest BCUT2D eigenvalue weighted by atomic mass is 79.9. The Morgan fingerprint density at radius 1 is 0.918 bits per heavy atom. The van der Waals surface area contributed by atoms with Crippen LogP contribution in [0.4, 0.5) is 14.9 Å². The van der Waals surface area contributed by atoms with E-state index in [-0.39, 0.29) is 29.5 Å². The zero-order valence-corrected chi connectivity index (χ0v) is 31.5. The Morgan fingerprint density at radius 3 is 2.12 bits per heavy atom. The van der Waals surface area contributed by atoms with Gasteiger partial charge in [0.2, 0.25) is 5.91 Å². The van der Waals surface area contributed by atoms with Gasteiger partial charge in [0.15, 0.2) is 8.32 Å². The lowest BCUT2D eigenvalue weighted by Gasteiger charge is -2.40. The van der Waals surface area contributed by atoms with Crippen LogP contribution in [0.15, 0.2) is 114 Å². The number of anilines is 1. The molecular weight excluding hydrogens is 699 g/mol. The van der Waals surface area contributed by atoms with Crippen LogP contribution in [0.25, 0.3) is 0 Å². The molecule has 0 aliphatic carbocycles. The van der Waals surface area contributed by atoms with Gasteiger partial charge in [-0.1, -0.05) is 109 Å². The number of nitrogens with zero attached hydrogens (tertiary/aromatic N) is 1. The van der Waals surface area contributed by atoms with E-state index in [4.69, 9.17) is 9.16 Å². The van der Waals surface area contributed by atoms with Gasteiger partial charge in [-0.3, -0.25) is 4.79 Å². The van der Waals surface area contributed by atoms with Gasteiger partial charge in [0.25, 0.3) is 0 Å². The molecule has 4 aromatic rings. The molecule has 0 unspecified atom stereocenters. The van der Waals surface area contributed by atoms with Gasteiger partial charge in [-0.25, -0.2) is 14.1 Å². The summed E-state index contributed by atoms with van der Waals surface area (Å²) in [7, 11) is -2.30. The lowest BCUT2D eigenvalue weighted by molar-refractivity contribution is -0.134. The molecule has 49 heavy (non-hydrogen) atoms. The minimum Gasteiger partial charge on any atom is -0.447 e. The number of hydrogen-bond acceptors (Lipinski definition) is 5. The van der Waals surface area contributed by atoms with E-state index in [0.717, 1.165) is 26.9 Å². The van der Waals surface area contributed by atoms with Crippen LogP contribution in [-0.4, -0.2) is 37.9 Å². The molecule has 2 amide bonds. The van der Waals surface area contributed by atoms with Gasteiger partial charge in [-0.2, -0.15) is 0 Å². The third-order valence-electron chi connectivity index (χ3n) is 9.78. The van der Waals surface area contributed by atoms with Gasteiger partial charge in [-0.15, -0.1) is 0 Å². The molecule has 6 nitrogen and oxygen atoms in total. The molecule has 1 aliphatic rings. The van der Waals surface area contributed by atoms with Gasteiger partial charge < -0.3 is 14.5 Å². The molecule has 0 saturated carbocycles. The smallest absolute Gasteiger partial charge is 0.416 e. The normalized spacial score (nSPS) is 16.9. The SMILES string of the molecule is CC(C)(C)[Si](C)(C)O[C@@H](CC[C@@H](C(=O)N1C(=O)OC[C@@H]1Cc1ccccc1)[C@H](Nc1ccccc1)c1ccc(Br)cc1)c1ccc(F)cc1. The number of nitrogens with one attached hydrogen (secondary N) is 1. The highest BCUT2D eigenvalue weighted by Crippen LogP contribution is 2.42. The topological polar surface area (TPSA) is 67.9 Å². The Labute approximate surface area is 299 Å². The van der Waals surface area contributed by atoms with Crippen LogP contribution >= 0.6 is 15.9 Å². The summed E-state index contributed by atoms with van der Waals surface area (Å²) in [5.41, 5.74) is 3.63. The molecule has 1 saturated heterocycles. The molecule has 1 aliphatic heterocycles. The van der Waals surface area contributed by atoms with Crippen molar-refractivity contribution in [3.05, 3.63) is 136 Å². The lowest BCUT2D eigenvalue weighted by Crippen LogP contribution is -2.46. The summed E-state index contributed by atoms with van der Waals surface area (Å²) >= 11 is 3.56. The predicted octanol–water partition coefficient (Wildman–Crippen LogP) is 10.5. The Kier molecular flexibility index (Phi) is 11.8. The van der Waals surface area contributed by atoms with Gasteiger partial charge in [0.1, 0.15) is 12.4 Å². The summed E-state index contributed by atoms with van der Waals surface area (Å²) in [6.45, 7) is 11.1. The van der Waals surface area contributed by atoms with Crippen LogP contribution in [0.2, 0.25) is 18.1 Å². The maximum absolute atomic E-state index is 15.0. The standard InChI is InChI=1S/C40H46BrFN2O4Si/c1-40(2,3)49(4,5)48-36(29-18-22-32(42)23-19-29)25-24-35(37(30-16-20-31(41)21-17-30)43-33-14-10-7-11-15-33)38(45)44-34(27-47-39(44)46)26-28-12-8-6-9-13-28/h6-23,34-37,43H,24-27H2,1-5H3/t34-,35+,36-,37+/m0/s1. The van der Waals surface area contributed by atoms with E-state index in [1.807, 2.05) is 84.9 Å².